The molecule has 0 aliphatic carbocycles. The number of carbonyl (C=O) groups excluding carboxylic acids is 1. The van der Waals surface area contributed by atoms with Crippen molar-refractivity contribution in [2.24, 2.45) is 0 Å². The molecule has 1 aliphatic rings. The largest absolute Gasteiger partial charge is 0.465 e. The zero-order valence-electron chi connectivity index (χ0n) is 13.8. The number of nitrogens with zero attached hydrogens (tertiary/aromatic N) is 3. The summed E-state index contributed by atoms with van der Waals surface area (Å²) in [4.78, 5) is 36.1. The number of carboxylic acid groups (broad SMARTS) is 1. The van der Waals surface area contributed by atoms with Crippen LogP contribution in [0.2, 0.25) is 0 Å². The molecule has 0 aromatic heterocycles. The number of esters is 1. The number of amides is 1. The van der Waals surface area contributed by atoms with Gasteiger partial charge in [-0.3, -0.25) is 10.1 Å². The topological polar surface area (TPSA) is 113 Å². The SMILES string of the molecule is CC[C@@H]1CN(C(=O)O)CCN1c1ccc([N+](=O)[O-])c(F)c1C(=O)OC. The van der Waals surface area contributed by atoms with Crippen molar-refractivity contribution in [1.82, 2.24) is 4.90 Å². The van der Waals surface area contributed by atoms with E-state index in [0.29, 0.717) is 6.42 Å². The predicted octanol–water partition coefficient (Wildman–Crippen LogP) is 2.10. The summed E-state index contributed by atoms with van der Waals surface area (Å²) in [6.45, 7) is 2.42. The number of ether oxygens (including phenoxy) is 1. The summed E-state index contributed by atoms with van der Waals surface area (Å²) in [7, 11) is 1.06. The maximum Gasteiger partial charge on any atom is 0.407 e. The Bertz CT molecular complexity index is 711. The van der Waals surface area contributed by atoms with Crippen LogP contribution in [0.1, 0.15) is 23.7 Å². The van der Waals surface area contributed by atoms with Crippen LogP contribution in [0.15, 0.2) is 12.1 Å². The molecule has 2 rings (SSSR count). The number of hydrogen-bond acceptors (Lipinski definition) is 6. The van der Waals surface area contributed by atoms with E-state index in [1.54, 1.807) is 4.90 Å². The molecule has 1 heterocycles. The van der Waals surface area contributed by atoms with Crippen LogP contribution in [0.3, 0.4) is 0 Å². The highest BCUT2D eigenvalue weighted by atomic mass is 19.1. The Balaban J connectivity index is 2.50. The van der Waals surface area contributed by atoms with Crippen LogP contribution in [-0.4, -0.2) is 59.8 Å². The molecule has 1 aliphatic heterocycles. The maximum atomic E-state index is 14.5. The van der Waals surface area contributed by atoms with Gasteiger partial charge in [0, 0.05) is 31.7 Å². The van der Waals surface area contributed by atoms with Crippen LogP contribution in [0.4, 0.5) is 20.6 Å². The lowest BCUT2D eigenvalue weighted by Crippen LogP contribution is -2.54. The van der Waals surface area contributed by atoms with Crippen molar-refractivity contribution in [2.45, 2.75) is 19.4 Å². The number of benzene rings is 1. The molecule has 10 heteroatoms. The molecule has 1 aromatic carbocycles. The number of rotatable bonds is 4. The van der Waals surface area contributed by atoms with Crippen LogP contribution >= 0.6 is 0 Å². The quantitative estimate of drug-likeness (QED) is 0.500. The minimum absolute atomic E-state index is 0.159. The smallest absolute Gasteiger partial charge is 0.407 e. The molecule has 0 radical (unpaired) electrons. The van der Waals surface area contributed by atoms with E-state index in [1.807, 2.05) is 6.92 Å². The van der Waals surface area contributed by atoms with Gasteiger partial charge in [-0.25, -0.2) is 9.59 Å². The van der Waals surface area contributed by atoms with Crippen LogP contribution < -0.4 is 4.90 Å². The second-order valence-electron chi connectivity index (χ2n) is 5.53. The molecule has 136 valence electrons. The summed E-state index contributed by atoms with van der Waals surface area (Å²) in [6.07, 6.45) is -0.510. The second kappa shape index (κ2) is 7.32. The number of piperazine rings is 1. The van der Waals surface area contributed by atoms with Crippen molar-refractivity contribution in [3.63, 3.8) is 0 Å². The molecule has 1 amide bonds. The molecule has 0 spiro atoms. The summed E-state index contributed by atoms with van der Waals surface area (Å²) in [5.74, 6) is -2.28. The molecule has 1 fully saturated rings. The Kier molecular flexibility index (Phi) is 5.40. The van der Waals surface area contributed by atoms with Crippen molar-refractivity contribution in [2.75, 3.05) is 31.6 Å². The first-order valence-electron chi connectivity index (χ1n) is 7.61. The molecule has 0 bridgehead atoms. The Morgan fingerprint density at radius 2 is 2.12 bits per heavy atom. The average molecular weight is 355 g/mol. The fraction of sp³-hybridized carbons (Fsp3) is 0.467. The number of methoxy groups -OCH3 is 1. The van der Waals surface area contributed by atoms with Gasteiger partial charge in [0.05, 0.1) is 17.7 Å². The molecule has 0 saturated carbocycles. The molecule has 1 saturated heterocycles. The molecule has 9 nitrogen and oxygen atoms in total. The van der Waals surface area contributed by atoms with Crippen molar-refractivity contribution in [3.05, 3.63) is 33.6 Å². The molecular weight excluding hydrogens is 337 g/mol. The van der Waals surface area contributed by atoms with Crippen molar-refractivity contribution in [3.8, 4) is 0 Å². The highest BCUT2D eigenvalue weighted by Gasteiger charge is 2.34. The molecule has 1 N–H and O–H groups in total. The standard InChI is InChI=1S/C15H18FN3O6/c1-3-9-8-17(15(21)22)6-7-18(9)10-4-5-11(19(23)24)13(16)12(10)14(20)25-2/h4-5,9H,3,6-8H2,1-2H3,(H,21,22)/t9-/m1/s1. The third-order valence-corrected chi connectivity index (χ3v) is 4.22. The number of carbonyl (C=O) groups is 2. The summed E-state index contributed by atoms with van der Waals surface area (Å²) in [5.41, 5.74) is -1.17. The minimum atomic E-state index is -1.26. The normalized spacial score (nSPS) is 17.3. The van der Waals surface area contributed by atoms with Crippen LogP contribution in [-0.2, 0) is 4.74 Å². The Hall–Kier alpha value is -2.91. The minimum Gasteiger partial charge on any atom is -0.465 e. The summed E-state index contributed by atoms with van der Waals surface area (Å²) in [5, 5.41) is 20.1. The van der Waals surface area contributed by atoms with Gasteiger partial charge in [-0.05, 0) is 12.5 Å². The van der Waals surface area contributed by atoms with Gasteiger partial charge in [0.2, 0.25) is 5.82 Å². The van der Waals surface area contributed by atoms with Gasteiger partial charge < -0.3 is 19.6 Å². The number of anilines is 1. The van der Waals surface area contributed by atoms with Gasteiger partial charge in [0.25, 0.3) is 0 Å². The monoisotopic (exact) mass is 355 g/mol. The molecule has 1 aromatic rings. The van der Waals surface area contributed by atoms with Gasteiger partial charge in [0.15, 0.2) is 0 Å². The van der Waals surface area contributed by atoms with Gasteiger partial charge in [-0.2, -0.15) is 4.39 Å². The zero-order chi connectivity index (χ0) is 18.7. The van der Waals surface area contributed by atoms with E-state index in [1.165, 1.54) is 11.0 Å². The van der Waals surface area contributed by atoms with Crippen molar-refractivity contribution >= 4 is 23.4 Å². The first-order chi connectivity index (χ1) is 11.8. The van der Waals surface area contributed by atoms with E-state index in [9.17, 15) is 24.1 Å². The molecule has 0 unspecified atom stereocenters. The summed E-state index contributed by atoms with van der Waals surface area (Å²) >= 11 is 0. The van der Waals surface area contributed by atoms with E-state index in [2.05, 4.69) is 4.74 Å². The summed E-state index contributed by atoms with van der Waals surface area (Å²) in [6, 6.07) is 1.99. The van der Waals surface area contributed by atoms with E-state index < -0.39 is 34.1 Å². The second-order valence-corrected chi connectivity index (χ2v) is 5.53. The van der Waals surface area contributed by atoms with E-state index in [4.69, 9.17) is 5.11 Å². The lowest BCUT2D eigenvalue weighted by atomic mass is 10.0. The zero-order valence-corrected chi connectivity index (χ0v) is 13.8. The predicted molar refractivity (Wildman–Crippen MR) is 85.4 cm³/mol. The number of halogens is 1. The fourth-order valence-corrected chi connectivity index (χ4v) is 2.93. The third kappa shape index (κ3) is 3.47. The van der Waals surface area contributed by atoms with Crippen LogP contribution in [0.25, 0.3) is 0 Å². The third-order valence-electron chi connectivity index (χ3n) is 4.22. The number of nitro benzene ring substituents is 1. The van der Waals surface area contributed by atoms with Gasteiger partial charge in [-0.1, -0.05) is 6.92 Å². The van der Waals surface area contributed by atoms with Crippen LogP contribution in [0.5, 0.6) is 0 Å². The van der Waals surface area contributed by atoms with Crippen LogP contribution in [0, 0.1) is 15.9 Å². The fourth-order valence-electron chi connectivity index (χ4n) is 2.93. The number of hydrogen-bond donors (Lipinski definition) is 1. The lowest BCUT2D eigenvalue weighted by Gasteiger charge is -2.42. The average Bonchev–Trinajstić information content (AvgIpc) is 2.59. The summed E-state index contributed by atoms with van der Waals surface area (Å²) < 4.78 is 19.1. The highest BCUT2D eigenvalue weighted by Crippen LogP contribution is 2.33. The Labute approximate surface area is 142 Å². The molecule has 1 atom stereocenters. The Morgan fingerprint density at radius 3 is 2.64 bits per heavy atom. The van der Waals surface area contributed by atoms with E-state index in [0.717, 1.165) is 13.2 Å². The Morgan fingerprint density at radius 1 is 1.44 bits per heavy atom. The molecular formula is C15H18FN3O6. The van der Waals surface area contributed by atoms with Gasteiger partial charge in [0.1, 0.15) is 5.56 Å². The van der Waals surface area contributed by atoms with E-state index >= 15 is 0 Å². The first kappa shape index (κ1) is 18.4. The van der Waals surface area contributed by atoms with E-state index in [-0.39, 0.29) is 31.4 Å². The highest BCUT2D eigenvalue weighted by molar-refractivity contribution is 5.97. The molecule has 25 heavy (non-hydrogen) atoms. The lowest BCUT2D eigenvalue weighted by molar-refractivity contribution is -0.387. The van der Waals surface area contributed by atoms with Gasteiger partial charge >= 0.3 is 17.7 Å². The van der Waals surface area contributed by atoms with Crippen molar-refractivity contribution < 1.29 is 28.7 Å². The number of nitro groups is 1. The van der Waals surface area contributed by atoms with Gasteiger partial charge in [-0.15, -0.1) is 0 Å². The maximum absolute atomic E-state index is 14.5. The first-order valence-corrected chi connectivity index (χ1v) is 7.61. The van der Waals surface area contributed by atoms with Crippen molar-refractivity contribution in [1.29, 1.82) is 0 Å².